The minimum Gasteiger partial charge on any atom is -0.0841 e. The molecular formula is C11H16. The molecule has 0 saturated heterocycles. The van der Waals surface area contributed by atoms with Crippen LogP contribution in [0.4, 0.5) is 0 Å². The normalized spacial score (nSPS) is 15.9. The molecule has 0 atom stereocenters. The fourth-order valence-corrected chi connectivity index (χ4v) is 1.09. The SMILES string of the molecule is CC=C(C=C(C)C)CC1=CC1. The van der Waals surface area contributed by atoms with Crippen LogP contribution in [0.25, 0.3) is 0 Å². The molecule has 0 radical (unpaired) electrons. The average molecular weight is 148 g/mol. The van der Waals surface area contributed by atoms with Gasteiger partial charge in [0.25, 0.3) is 0 Å². The monoisotopic (exact) mass is 148 g/mol. The maximum absolute atomic E-state index is 2.29. The summed E-state index contributed by atoms with van der Waals surface area (Å²) in [5.41, 5.74) is 4.43. The van der Waals surface area contributed by atoms with Crippen LogP contribution in [0.15, 0.2) is 34.9 Å². The van der Waals surface area contributed by atoms with Crippen LogP contribution in [-0.4, -0.2) is 0 Å². The summed E-state index contributed by atoms with van der Waals surface area (Å²) in [6.07, 6.45) is 9.17. The van der Waals surface area contributed by atoms with E-state index in [4.69, 9.17) is 0 Å². The molecule has 0 fully saturated rings. The van der Waals surface area contributed by atoms with Crippen molar-refractivity contribution in [3.63, 3.8) is 0 Å². The largest absolute Gasteiger partial charge is 0.0841 e. The van der Waals surface area contributed by atoms with E-state index in [1.807, 2.05) is 0 Å². The number of rotatable bonds is 3. The van der Waals surface area contributed by atoms with Crippen molar-refractivity contribution < 1.29 is 0 Å². The van der Waals surface area contributed by atoms with Crippen molar-refractivity contribution in [2.75, 3.05) is 0 Å². The molecule has 0 heteroatoms. The highest BCUT2D eigenvalue weighted by molar-refractivity contribution is 5.33. The molecule has 0 heterocycles. The first-order valence-electron chi connectivity index (χ1n) is 4.20. The van der Waals surface area contributed by atoms with Gasteiger partial charge in [-0.3, -0.25) is 0 Å². The maximum Gasteiger partial charge on any atom is -0.00672 e. The molecule has 0 aromatic heterocycles. The van der Waals surface area contributed by atoms with Gasteiger partial charge in [0, 0.05) is 0 Å². The quantitative estimate of drug-likeness (QED) is 0.423. The standard InChI is InChI=1S/C11H16/c1-4-10(7-9(2)3)8-11-5-6-11/h4-5,7H,6,8H2,1-3H3. The summed E-state index contributed by atoms with van der Waals surface area (Å²) >= 11 is 0. The molecule has 0 nitrogen and oxygen atoms in total. The summed E-state index contributed by atoms with van der Waals surface area (Å²) in [6, 6.07) is 0. The Morgan fingerprint density at radius 1 is 1.55 bits per heavy atom. The topological polar surface area (TPSA) is 0 Å². The third-order valence-corrected chi connectivity index (χ3v) is 1.77. The van der Waals surface area contributed by atoms with Crippen LogP contribution in [0.5, 0.6) is 0 Å². The van der Waals surface area contributed by atoms with Crippen molar-refractivity contribution in [2.45, 2.75) is 33.6 Å². The zero-order valence-electron chi connectivity index (χ0n) is 7.65. The van der Waals surface area contributed by atoms with Crippen molar-refractivity contribution in [1.29, 1.82) is 0 Å². The highest BCUT2D eigenvalue weighted by Crippen LogP contribution is 2.26. The minimum atomic E-state index is 1.17. The summed E-state index contributed by atoms with van der Waals surface area (Å²) in [7, 11) is 0. The molecule has 0 spiro atoms. The number of allylic oxidation sites excluding steroid dienone is 6. The maximum atomic E-state index is 2.29. The average Bonchev–Trinajstić information content (AvgIpc) is 2.69. The zero-order chi connectivity index (χ0) is 8.27. The molecule has 0 N–H and O–H groups in total. The lowest BCUT2D eigenvalue weighted by molar-refractivity contribution is 1.18. The summed E-state index contributed by atoms with van der Waals surface area (Å²) in [5, 5.41) is 0. The van der Waals surface area contributed by atoms with E-state index in [0.717, 1.165) is 0 Å². The molecule has 0 saturated carbocycles. The van der Waals surface area contributed by atoms with Gasteiger partial charge in [0.1, 0.15) is 0 Å². The minimum absolute atomic E-state index is 1.17. The van der Waals surface area contributed by atoms with E-state index in [0.29, 0.717) is 0 Å². The van der Waals surface area contributed by atoms with E-state index < -0.39 is 0 Å². The summed E-state index contributed by atoms with van der Waals surface area (Å²) < 4.78 is 0. The Labute approximate surface area is 69.3 Å². The second-order valence-electron chi connectivity index (χ2n) is 3.33. The van der Waals surface area contributed by atoms with Gasteiger partial charge >= 0.3 is 0 Å². The Hall–Kier alpha value is -0.780. The van der Waals surface area contributed by atoms with E-state index in [1.165, 1.54) is 24.0 Å². The third kappa shape index (κ3) is 3.22. The van der Waals surface area contributed by atoms with Crippen LogP contribution in [0, 0.1) is 0 Å². The van der Waals surface area contributed by atoms with Gasteiger partial charge in [0.15, 0.2) is 0 Å². The van der Waals surface area contributed by atoms with Crippen LogP contribution < -0.4 is 0 Å². The second kappa shape index (κ2) is 3.56. The van der Waals surface area contributed by atoms with Gasteiger partial charge in [-0.25, -0.2) is 0 Å². The zero-order valence-corrected chi connectivity index (χ0v) is 7.65. The molecular weight excluding hydrogens is 132 g/mol. The predicted molar refractivity (Wildman–Crippen MR) is 50.5 cm³/mol. The lowest BCUT2D eigenvalue weighted by atomic mass is 10.1. The lowest BCUT2D eigenvalue weighted by Gasteiger charge is -1.97. The van der Waals surface area contributed by atoms with Crippen molar-refractivity contribution in [3.8, 4) is 0 Å². The van der Waals surface area contributed by atoms with Crippen LogP contribution in [0.2, 0.25) is 0 Å². The van der Waals surface area contributed by atoms with E-state index in [1.54, 1.807) is 5.57 Å². The van der Waals surface area contributed by atoms with Crippen LogP contribution in [-0.2, 0) is 0 Å². The summed E-state index contributed by atoms with van der Waals surface area (Å²) in [5.74, 6) is 0. The highest BCUT2D eigenvalue weighted by atomic mass is 14.1. The van der Waals surface area contributed by atoms with Gasteiger partial charge in [-0.1, -0.05) is 29.4 Å². The van der Waals surface area contributed by atoms with Gasteiger partial charge in [-0.05, 0) is 39.2 Å². The first-order valence-corrected chi connectivity index (χ1v) is 4.20. The van der Waals surface area contributed by atoms with Crippen LogP contribution in [0.1, 0.15) is 33.6 Å². The molecule has 0 aromatic rings. The summed E-state index contributed by atoms with van der Waals surface area (Å²) in [6.45, 7) is 6.40. The van der Waals surface area contributed by atoms with E-state index in [9.17, 15) is 0 Å². The Morgan fingerprint density at radius 2 is 2.18 bits per heavy atom. The Balaban J connectivity index is 2.49. The van der Waals surface area contributed by atoms with Crippen LogP contribution in [0.3, 0.4) is 0 Å². The van der Waals surface area contributed by atoms with Crippen molar-refractivity contribution in [2.24, 2.45) is 0 Å². The third-order valence-electron chi connectivity index (χ3n) is 1.77. The fourth-order valence-electron chi connectivity index (χ4n) is 1.09. The van der Waals surface area contributed by atoms with Gasteiger partial charge in [-0.2, -0.15) is 0 Å². The molecule has 1 rings (SSSR count). The molecule has 0 amide bonds. The molecule has 1 aliphatic rings. The number of hydrogen-bond acceptors (Lipinski definition) is 0. The smallest absolute Gasteiger partial charge is 0.00672 e. The molecule has 0 unspecified atom stereocenters. The van der Waals surface area contributed by atoms with Gasteiger partial charge in [-0.15, -0.1) is 0 Å². The molecule has 1 aliphatic carbocycles. The highest BCUT2D eigenvalue weighted by Gasteiger charge is 2.07. The fraction of sp³-hybridized carbons (Fsp3) is 0.455. The molecule has 0 aliphatic heterocycles. The molecule has 60 valence electrons. The van der Waals surface area contributed by atoms with Gasteiger partial charge in [0.05, 0.1) is 0 Å². The van der Waals surface area contributed by atoms with Gasteiger partial charge in [0.2, 0.25) is 0 Å². The lowest BCUT2D eigenvalue weighted by Crippen LogP contribution is -1.77. The van der Waals surface area contributed by atoms with E-state index in [-0.39, 0.29) is 0 Å². The molecule has 11 heavy (non-hydrogen) atoms. The first kappa shape index (κ1) is 8.32. The Bertz CT molecular complexity index is 222. The van der Waals surface area contributed by atoms with E-state index >= 15 is 0 Å². The summed E-state index contributed by atoms with van der Waals surface area (Å²) in [4.78, 5) is 0. The van der Waals surface area contributed by atoms with Crippen molar-refractivity contribution in [3.05, 3.63) is 34.9 Å². The molecule has 0 aromatic carbocycles. The van der Waals surface area contributed by atoms with Crippen molar-refractivity contribution >= 4 is 0 Å². The Kier molecular flexibility index (Phi) is 2.70. The first-order chi connectivity index (χ1) is 5.22. The Morgan fingerprint density at radius 3 is 2.55 bits per heavy atom. The van der Waals surface area contributed by atoms with E-state index in [2.05, 4.69) is 39.0 Å². The molecule has 0 bridgehead atoms. The second-order valence-corrected chi connectivity index (χ2v) is 3.33. The predicted octanol–water partition coefficient (Wildman–Crippen LogP) is 3.62. The number of hydrogen-bond donors (Lipinski definition) is 0. The van der Waals surface area contributed by atoms with Gasteiger partial charge < -0.3 is 0 Å². The van der Waals surface area contributed by atoms with Crippen molar-refractivity contribution in [1.82, 2.24) is 0 Å². The van der Waals surface area contributed by atoms with Crippen LogP contribution >= 0.6 is 0 Å².